The van der Waals surface area contributed by atoms with E-state index >= 15 is 0 Å². The number of thioether (sulfide) groups is 1. The molecule has 0 aliphatic rings. The number of ether oxygens (including phenoxy) is 1. The minimum Gasteiger partial charge on any atom is -0.461 e. The van der Waals surface area contributed by atoms with Crippen molar-refractivity contribution in [1.82, 2.24) is 4.40 Å². The first-order chi connectivity index (χ1) is 8.72. The summed E-state index contributed by atoms with van der Waals surface area (Å²) in [6, 6.07) is 6.13. The Hall–Kier alpha value is -1.42. The number of aromatic nitrogens is 1. The van der Waals surface area contributed by atoms with Crippen LogP contribution in [-0.2, 0) is 11.2 Å². The maximum absolute atomic E-state index is 12.0. The average molecular weight is 263 g/mol. The van der Waals surface area contributed by atoms with Crippen molar-refractivity contribution in [3.8, 4) is 0 Å². The maximum atomic E-state index is 12.0. The minimum absolute atomic E-state index is 0.255. The molecular formula is C14H17NO2S. The molecule has 0 atom stereocenters. The van der Waals surface area contributed by atoms with Gasteiger partial charge in [-0.1, -0.05) is 13.0 Å². The Morgan fingerprint density at radius 1 is 1.44 bits per heavy atom. The Kier molecular flexibility index (Phi) is 3.97. The molecule has 0 saturated carbocycles. The molecule has 0 spiro atoms. The van der Waals surface area contributed by atoms with Crippen molar-refractivity contribution in [2.24, 2.45) is 0 Å². The number of nitrogens with zero attached hydrogens (tertiary/aromatic N) is 1. The minimum atomic E-state index is -0.255. The number of fused-ring (bicyclic) bond motifs is 1. The summed E-state index contributed by atoms with van der Waals surface area (Å²) in [6.45, 7) is 4.34. The molecule has 2 heterocycles. The fraction of sp³-hybridized carbons (Fsp3) is 0.357. The normalized spacial score (nSPS) is 10.8. The molecule has 0 saturated heterocycles. The molecule has 0 amide bonds. The molecule has 96 valence electrons. The van der Waals surface area contributed by atoms with Crippen molar-refractivity contribution in [1.29, 1.82) is 0 Å². The molecule has 0 bridgehead atoms. The molecule has 0 fully saturated rings. The third-order valence-electron chi connectivity index (χ3n) is 2.93. The largest absolute Gasteiger partial charge is 0.461 e. The fourth-order valence-corrected chi connectivity index (χ4v) is 2.69. The number of pyridine rings is 1. The molecule has 0 aliphatic carbocycles. The fourth-order valence-electron chi connectivity index (χ4n) is 2.09. The second-order valence-electron chi connectivity index (χ2n) is 3.92. The van der Waals surface area contributed by atoms with Gasteiger partial charge >= 0.3 is 5.97 Å². The maximum Gasteiger partial charge on any atom is 0.356 e. The summed E-state index contributed by atoms with van der Waals surface area (Å²) in [5.74, 6) is -0.255. The Morgan fingerprint density at radius 2 is 2.22 bits per heavy atom. The van der Waals surface area contributed by atoms with Gasteiger partial charge in [0.05, 0.1) is 12.1 Å². The van der Waals surface area contributed by atoms with Crippen LogP contribution in [0, 0.1) is 0 Å². The van der Waals surface area contributed by atoms with Gasteiger partial charge in [0.15, 0.2) is 0 Å². The Morgan fingerprint density at radius 3 is 2.83 bits per heavy atom. The third-order valence-corrected chi connectivity index (χ3v) is 3.68. The summed E-state index contributed by atoms with van der Waals surface area (Å²) in [6.07, 6.45) is 4.84. The first kappa shape index (κ1) is 13.0. The number of hydrogen-bond donors (Lipinski definition) is 0. The summed E-state index contributed by atoms with van der Waals surface area (Å²) in [4.78, 5) is 13.0. The number of hydrogen-bond acceptors (Lipinski definition) is 3. The van der Waals surface area contributed by atoms with Crippen LogP contribution < -0.4 is 0 Å². The number of esters is 1. The average Bonchev–Trinajstić information content (AvgIpc) is 2.77. The van der Waals surface area contributed by atoms with Gasteiger partial charge < -0.3 is 9.14 Å². The van der Waals surface area contributed by atoms with Gasteiger partial charge in [-0.25, -0.2) is 4.79 Å². The summed E-state index contributed by atoms with van der Waals surface area (Å²) in [7, 11) is 0. The van der Waals surface area contributed by atoms with E-state index in [0.717, 1.165) is 16.8 Å². The van der Waals surface area contributed by atoms with Crippen LogP contribution in [0.5, 0.6) is 0 Å². The van der Waals surface area contributed by atoms with E-state index in [-0.39, 0.29) is 5.97 Å². The van der Waals surface area contributed by atoms with Gasteiger partial charge in [-0.2, -0.15) is 0 Å². The Labute approximate surface area is 111 Å². The van der Waals surface area contributed by atoms with E-state index in [0.29, 0.717) is 12.3 Å². The molecule has 4 heteroatoms. The van der Waals surface area contributed by atoms with Gasteiger partial charge in [0.1, 0.15) is 5.69 Å². The quantitative estimate of drug-likeness (QED) is 0.625. The van der Waals surface area contributed by atoms with Crippen LogP contribution in [0.15, 0.2) is 29.3 Å². The zero-order valence-electron chi connectivity index (χ0n) is 10.9. The molecule has 0 aromatic carbocycles. The summed E-state index contributed by atoms with van der Waals surface area (Å²) < 4.78 is 7.07. The molecule has 0 aliphatic heterocycles. The molecule has 2 aromatic rings. The van der Waals surface area contributed by atoms with Crippen LogP contribution in [0.25, 0.3) is 5.52 Å². The monoisotopic (exact) mass is 263 g/mol. The summed E-state index contributed by atoms with van der Waals surface area (Å²) in [5, 5.41) is 0. The predicted octanol–water partition coefficient (Wildman–Crippen LogP) is 3.40. The van der Waals surface area contributed by atoms with E-state index in [1.807, 2.05) is 29.8 Å². The van der Waals surface area contributed by atoms with Crippen LogP contribution in [0.3, 0.4) is 0 Å². The van der Waals surface area contributed by atoms with Crippen molar-refractivity contribution in [3.63, 3.8) is 0 Å². The van der Waals surface area contributed by atoms with Crippen molar-refractivity contribution < 1.29 is 9.53 Å². The predicted molar refractivity (Wildman–Crippen MR) is 74.5 cm³/mol. The van der Waals surface area contributed by atoms with E-state index in [1.54, 1.807) is 11.8 Å². The molecule has 2 aromatic heterocycles. The lowest BCUT2D eigenvalue weighted by Crippen LogP contribution is -2.09. The van der Waals surface area contributed by atoms with Crippen molar-refractivity contribution in [2.75, 3.05) is 12.9 Å². The van der Waals surface area contributed by atoms with Gasteiger partial charge in [-0.15, -0.1) is 11.8 Å². The third kappa shape index (κ3) is 2.12. The highest BCUT2D eigenvalue weighted by Gasteiger charge is 2.19. The van der Waals surface area contributed by atoms with E-state index in [9.17, 15) is 4.79 Å². The number of rotatable bonds is 4. The lowest BCUT2D eigenvalue weighted by atomic mass is 10.2. The number of carbonyl (C=O) groups excluding carboxylic acids is 1. The van der Waals surface area contributed by atoms with Gasteiger partial charge in [0.25, 0.3) is 0 Å². The second kappa shape index (κ2) is 5.48. The zero-order valence-corrected chi connectivity index (χ0v) is 11.7. The van der Waals surface area contributed by atoms with Gasteiger partial charge in [-0.05, 0) is 37.3 Å². The topological polar surface area (TPSA) is 30.7 Å². The first-order valence-electron chi connectivity index (χ1n) is 6.07. The van der Waals surface area contributed by atoms with Crippen LogP contribution in [0.4, 0.5) is 0 Å². The summed E-state index contributed by atoms with van der Waals surface area (Å²) >= 11 is 1.57. The molecule has 2 rings (SSSR count). The van der Waals surface area contributed by atoms with E-state index in [4.69, 9.17) is 4.74 Å². The standard InChI is InChI=1S/C14H17NO2S/c1-4-10-7-6-8-15-11(10)9-12(18-3)13(15)14(16)17-5-2/h6-9H,4-5H2,1-3H3. The van der Waals surface area contributed by atoms with Crippen molar-refractivity contribution >= 4 is 23.2 Å². The zero-order chi connectivity index (χ0) is 13.1. The Bertz CT molecular complexity index is 574. The molecule has 0 N–H and O–H groups in total. The molecule has 0 unspecified atom stereocenters. The molecule has 18 heavy (non-hydrogen) atoms. The molecular weight excluding hydrogens is 246 g/mol. The van der Waals surface area contributed by atoms with Crippen LogP contribution in [-0.4, -0.2) is 23.2 Å². The van der Waals surface area contributed by atoms with Crippen LogP contribution in [0.2, 0.25) is 0 Å². The van der Waals surface area contributed by atoms with Gasteiger partial charge in [0, 0.05) is 11.1 Å². The van der Waals surface area contributed by atoms with E-state index < -0.39 is 0 Å². The lowest BCUT2D eigenvalue weighted by molar-refractivity contribution is 0.0514. The molecule has 3 nitrogen and oxygen atoms in total. The Balaban J connectivity index is 2.66. The number of carbonyl (C=O) groups is 1. The highest BCUT2D eigenvalue weighted by atomic mass is 32.2. The van der Waals surface area contributed by atoms with Crippen LogP contribution >= 0.6 is 11.8 Å². The molecule has 0 radical (unpaired) electrons. The van der Waals surface area contributed by atoms with E-state index in [2.05, 4.69) is 19.1 Å². The van der Waals surface area contributed by atoms with Crippen molar-refractivity contribution in [3.05, 3.63) is 35.7 Å². The van der Waals surface area contributed by atoms with Crippen molar-refractivity contribution in [2.45, 2.75) is 25.2 Å². The van der Waals surface area contributed by atoms with Gasteiger partial charge in [0.2, 0.25) is 0 Å². The highest BCUT2D eigenvalue weighted by molar-refractivity contribution is 7.98. The lowest BCUT2D eigenvalue weighted by Gasteiger charge is -2.06. The smallest absolute Gasteiger partial charge is 0.356 e. The van der Waals surface area contributed by atoms with Gasteiger partial charge in [-0.3, -0.25) is 0 Å². The SMILES string of the molecule is CCOC(=O)c1c(SC)cc2c(CC)cccn12. The van der Waals surface area contributed by atoms with Crippen LogP contribution in [0.1, 0.15) is 29.9 Å². The van der Waals surface area contributed by atoms with E-state index in [1.165, 1.54) is 5.56 Å². The first-order valence-corrected chi connectivity index (χ1v) is 7.29. The highest BCUT2D eigenvalue weighted by Crippen LogP contribution is 2.27. The number of aryl methyl sites for hydroxylation is 1. The second-order valence-corrected chi connectivity index (χ2v) is 4.77. The summed E-state index contributed by atoms with van der Waals surface area (Å²) in [5.41, 5.74) is 2.96.